The van der Waals surface area contributed by atoms with E-state index in [1.807, 2.05) is 6.07 Å². The summed E-state index contributed by atoms with van der Waals surface area (Å²) in [4.78, 5) is 12.5. The lowest BCUT2D eigenvalue weighted by Crippen LogP contribution is -2.34. The average Bonchev–Trinajstić information content (AvgIpc) is 3.08. The molecule has 0 aliphatic carbocycles. The van der Waals surface area contributed by atoms with Crippen molar-refractivity contribution in [1.82, 2.24) is 0 Å². The van der Waals surface area contributed by atoms with Crippen molar-refractivity contribution in [3.8, 4) is 11.8 Å². The van der Waals surface area contributed by atoms with E-state index in [1.54, 1.807) is 36.4 Å². The van der Waals surface area contributed by atoms with Gasteiger partial charge >= 0.3 is 5.63 Å². The second-order valence-corrected chi connectivity index (χ2v) is 5.19. The monoisotopic (exact) mass is 306 g/mol. The normalized spacial score (nSPS) is 19.9. The van der Waals surface area contributed by atoms with Crippen molar-refractivity contribution in [3.05, 3.63) is 64.4 Å². The van der Waals surface area contributed by atoms with E-state index in [2.05, 4.69) is 0 Å². The molecule has 1 aliphatic heterocycles. The number of ether oxygens (including phenoxy) is 1. The molecule has 2 aromatic heterocycles. The molecule has 3 heterocycles. The van der Waals surface area contributed by atoms with Crippen molar-refractivity contribution in [3.63, 3.8) is 0 Å². The molecular weight excluding hydrogens is 296 g/mol. The maximum Gasteiger partial charge on any atom is 0.344 e. The minimum absolute atomic E-state index is 0.209. The van der Waals surface area contributed by atoms with Gasteiger partial charge in [-0.2, -0.15) is 5.26 Å². The van der Waals surface area contributed by atoms with Crippen molar-refractivity contribution >= 4 is 16.9 Å². The minimum Gasteiger partial charge on any atom is -0.469 e. The smallest absolute Gasteiger partial charge is 0.344 e. The molecule has 0 bridgehead atoms. The topological polar surface area (TPSA) is 100 Å². The fourth-order valence-corrected chi connectivity index (χ4v) is 2.91. The van der Waals surface area contributed by atoms with Crippen molar-refractivity contribution in [2.45, 2.75) is 5.92 Å². The first-order chi connectivity index (χ1) is 11.2. The molecule has 2 unspecified atom stereocenters. The van der Waals surface area contributed by atoms with E-state index in [0.29, 0.717) is 16.7 Å². The zero-order valence-corrected chi connectivity index (χ0v) is 11.8. The third kappa shape index (κ3) is 1.87. The van der Waals surface area contributed by atoms with Crippen molar-refractivity contribution in [2.24, 2.45) is 5.92 Å². The number of furan rings is 1. The van der Waals surface area contributed by atoms with E-state index in [4.69, 9.17) is 19.0 Å². The van der Waals surface area contributed by atoms with E-state index in [1.165, 1.54) is 6.26 Å². The van der Waals surface area contributed by atoms with Gasteiger partial charge in [0.05, 0.1) is 29.2 Å². The molecule has 6 heteroatoms. The molecule has 0 saturated heterocycles. The molecule has 112 valence electrons. The summed E-state index contributed by atoms with van der Waals surface area (Å²) in [5.41, 5.74) is -0.00768. The zero-order chi connectivity index (χ0) is 16.0. The number of nitrogens with one attached hydrogen (secondary N) is 1. The quantitative estimate of drug-likeness (QED) is 0.696. The predicted molar refractivity (Wildman–Crippen MR) is 80.5 cm³/mol. The first-order valence-electron chi connectivity index (χ1n) is 6.95. The van der Waals surface area contributed by atoms with Crippen LogP contribution in [0.3, 0.4) is 0 Å². The molecule has 3 aromatic rings. The standard InChI is InChI=1S/C17H10N2O4/c18-8-10-13(12-6-3-7-21-12)14-15(23-16(10)19)9-4-1-2-5-11(9)22-17(14)20/h1-7,10,13,19H. The Labute approximate surface area is 130 Å². The van der Waals surface area contributed by atoms with Crippen molar-refractivity contribution in [2.75, 3.05) is 0 Å². The van der Waals surface area contributed by atoms with Crippen molar-refractivity contribution in [1.29, 1.82) is 10.7 Å². The van der Waals surface area contributed by atoms with Gasteiger partial charge < -0.3 is 13.6 Å². The Kier molecular flexibility index (Phi) is 2.81. The van der Waals surface area contributed by atoms with Crippen LogP contribution in [0.5, 0.6) is 5.75 Å². The van der Waals surface area contributed by atoms with Crippen LogP contribution in [0.2, 0.25) is 0 Å². The molecule has 0 amide bonds. The van der Waals surface area contributed by atoms with Crippen LogP contribution in [0.1, 0.15) is 17.2 Å². The van der Waals surface area contributed by atoms with E-state index in [0.717, 1.165) is 0 Å². The Balaban J connectivity index is 2.09. The lowest BCUT2D eigenvalue weighted by atomic mass is 9.82. The number of hydrogen-bond donors (Lipinski definition) is 1. The summed E-state index contributed by atoms with van der Waals surface area (Å²) in [7, 11) is 0. The molecule has 1 aliphatic rings. The molecule has 1 N–H and O–H groups in total. The molecule has 23 heavy (non-hydrogen) atoms. The number of hydrogen-bond acceptors (Lipinski definition) is 6. The number of nitrogens with zero attached hydrogens (tertiary/aromatic N) is 1. The van der Waals surface area contributed by atoms with Crippen molar-refractivity contribution < 1.29 is 13.6 Å². The lowest BCUT2D eigenvalue weighted by molar-refractivity contribution is 0.393. The summed E-state index contributed by atoms with van der Waals surface area (Å²) in [6, 6.07) is 12.3. The molecule has 6 nitrogen and oxygen atoms in total. The van der Waals surface area contributed by atoms with E-state index in [-0.39, 0.29) is 17.2 Å². The summed E-state index contributed by atoms with van der Waals surface area (Å²) in [6.45, 7) is 0. The third-order valence-electron chi connectivity index (χ3n) is 3.93. The Morgan fingerprint density at radius 1 is 1.17 bits per heavy atom. The molecule has 0 saturated carbocycles. The summed E-state index contributed by atoms with van der Waals surface area (Å²) >= 11 is 0. The number of rotatable bonds is 1. The highest BCUT2D eigenvalue weighted by Gasteiger charge is 2.42. The van der Waals surface area contributed by atoms with Gasteiger partial charge in [0.15, 0.2) is 5.75 Å². The number of fused-ring (bicyclic) bond motifs is 3. The van der Waals surface area contributed by atoms with Gasteiger partial charge in [-0.1, -0.05) is 12.1 Å². The maximum atomic E-state index is 12.5. The third-order valence-corrected chi connectivity index (χ3v) is 3.93. The summed E-state index contributed by atoms with van der Waals surface area (Å²) < 4.78 is 16.3. The fraction of sp³-hybridized carbons (Fsp3) is 0.118. The Morgan fingerprint density at radius 3 is 2.74 bits per heavy atom. The zero-order valence-electron chi connectivity index (χ0n) is 11.8. The van der Waals surface area contributed by atoms with Gasteiger partial charge in [0.1, 0.15) is 17.3 Å². The second kappa shape index (κ2) is 4.85. The molecule has 0 fully saturated rings. The minimum atomic E-state index is -0.947. The van der Waals surface area contributed by atoms with E-state index < -0.39 is 17.5 Å². The van der Waals surface area contributed by atoms with Crippen LogP contribution in [0.25, 0.3) is 11.0 Å². The van der Waals surface area contributed by atoms with Gasteiger partial charge in [-0.05, 0) is 24.3 Å². The Morgan fingerprint density at radius 2 is 2.00 bits per heavy atom. The summed E-state index contributed by atoms with van der Waals surface area (Å²) in [6.07, 6.45) is 1.46. The van der Waals surface area contributed by atoms with Crippen LogP contribution in [-0.4, -0.2) is 5.90 Å². The Hall–Kier alpha value is -3.33. The van der Waals surface area contributed by atoms with Gasteiger partial charge in [0.25, 0.3) is 0 Å². The van der Waals surface area contributed by atoms with Gasteiger partial charge in [0, 0.05) is 0 Å². The molecule has 4 rings (SSSR count). The summed E-state index contributed by atoms with van der Waals surface area (Å²) in [5.74, 6) is -1.20. The highest BCUT2D eigenvalue weighted by molar-refractivity contribution is 5.92. The predicted octanol–water partition coefficient (Wildman–Crippen LogP) is 3.03. The van der Waals surface area contributed by atoms with E-state index >= 15 is 0 Å². The van der Waals surface area contributed by atoms with Crippen LogP contribution >= 0.6 is 0 Å². The summed E-state index contributed by atoms with van der Waals surface area (Å²) in [5, 5.41) is 18.0. The lowest BCUT2D eigenvalue weighted by Gasteiger charge is -2.28. The van der Waals surface area contributed by atoms with Crippen LogP contribution in [0, 0.1) is 22.7 Å². The van der Waals surface area contributed by atoms with Crippen LogP contribution < -0.4 is 10.4 Å². The number of nitriles is 1. The molecule has 1 aromatic carbocycles. The molecule has 0 radical (unpaired) electrons. The first-order valence-corrected chi connectivity index (χ1v) is 6.95. The highest BCUT2D eigenvalue weighted by Crippen LogP contribution is 2.43. The Bertz CT molecular complexity index is 1010. The van der Waals surface area contributed by atoms with Crippen LogP contribution in [0.4, 0.5) is 0 Å². The van der Waals surface area contributed by atoms with Crippen LogP contribution in [0.15, 0.2) is 56.3 Å². The maximum absolute atomic E-state index is 12.5. The number of benzene rings is 1. The molecular formula is C17H10N2O4. The van der Waals surface area contributed by atoms with Gasteiger partial charge in [-0.15, -0.1) is 0 Å². The highest BCUT2D eigenvalue weighted by atomic mass is 16.5. The average molecular weight is 306 g/mol. The van der Waals surface area contributed by atoms with Gasteiger partial charge in [0.2, 0.25) is 5.90 Å². The first kappa shape index (κ1) is 13.3. The van der Waals surface area contributed by atoms with E-state index in [9.17, 15) is 10.1 Å². The SMILES string of the molecule is N#CC1C(=N)Oc2c(c(=O)oc3ccccc23)C1c1ccco1. The molecule has 0 spiro atoms. The largest absolute Gasteiger partial charge is 0.469 e. The number of para-hydroxylation sites is 1. The second-order valence-electron chi connectivity index (χ2n) is 5.19. The van der Waals surface area contributed by atoms with Gasteiger partial charge in [-0.25, -0.2) is 4.79 Å². The fourth-order valence-electron chi connectivity index (χ4n) is 2.91. The van der Waals surface area contributed by atoms with Crippen LogP contribution in [-0.2, 0) is 0 Å². The molecule has 2 atom stereocenters. The van der Waals surface area contributed by atoms with Gasteiger partial charge in [-0.3, -0.25) is 5.41 Å².